The molecule has 1 atom stereocenters. The van der Waals surface area contributed by atoms with Crippen LogP contribution in [-0.4, -0.2) is 5.91 Å². The van der Waals surface area contributed by atoms with Gasteiger partial charge in [0.05, 0.1) is 12.5 Å². The topological polar surface area (TPSA) is 55.1 Å². The van der Waals surface area contributed by atoms with Gasteiger partial charge in [-0.25, -0.2) is 0 Å². The molecule has 0 saturated carbocycles. The van der Waals surface area contributed by atoms with E-state index in [1.165, 1.54) is 5.56 Å². The van der Waals surface area contributed by atoms with Crippen molar-refractivity contribution in [2.45, 2.75) is 32.7 Å². The van der Waals surface area contributed by atoms with Crippen LogP contribution in [0.4, 0.5) is 5.69 Å². The molecule has 2 rings (SSSR count). The Hall–Kier alpha value is -2.29. The van der Waals surface area contributed by atoms with Crippen molar-refractivity contribution in [1.82, 2.24) is 5.32 Å². The molecule has 0 aliphatic heterocycles. The molecule has 2 aromatic rings. The van der Waals surface area contributed by atoms with Gasteiger partial charge in [-0.15, -0.1) is 0 Å². The van der Waals surface area contributed by atoms with Gasteiger partial charge in [-0.05, 0) is 36.6 Å². The number of nitrogen functional groups attached to an aromatic ring is 1. The average molecular weight is 282 g/mol. The second-order valence-electron chi connectivity index (χ2n) is 5.36. The molecule has 3 N–H and O–H groups in total. The number of nitrogens with one attached hydrogen (secondary N) is 1. The van der Waals surface area contributed by atoms with Crippen LogP contribution in [0.15, 0.2) is 48.5 Å². The van der Waals surface area contributed by atoms with Gasteiger partial charge >= 0.3 is 0 Å². The highest BCUT2D eigenvalue weighted by molar-refractivity contribution is 5.79. The molecule has 21 heavy (non-hydrogen) atoms. The Morgan fingerprint density at radius 3 is 2.52 bits per heavy atom. The van der Waals surface area contributed by atoms with E-state index in [1.807, 2.05) is 24.3 Å². The number of hydrogen-bond donors (Lipinski definition) is 2. The van der Waals surface area contributed by atoms with Gasteiger partial charge in [0.15, 0.2) is 0 Å². The summed E-state index contributed by atoms with van der Waals surface area (Å²) in [6.45, 7) is 4.13. The predicted molar refractivity (Wildman–Crippen MR) is 86.9 cm³/mol. The Kier molecular flexibility index (Phi) is 4.99. The van der Waals surface area contributed by atoms with Crippen LogP contribution in [-0.2, 0) is 11.2 Å². The highest BCUT2D eigenvalue weighted by Crippen LogP contribution is 2.17. The quantitative estimate of drug-likeness (QED) is 0.826. The number of rotatable bonds is 5. The molecule has 0 aromatic heterocycles. The molecule has 3 nitrogen and oxygen atoms in total. The third-order valence-corrected chi connectivity index (χ3v) is 3.54. The molecule has 0 saturated heterocycles. The number of anilines is 1. The van der Waals surface area contributed by atoms with Gasteiger partial charge < -0.3 is 11.1 Å². The zero-order chi connectivity index (χ0) is 15.2. The van der Waals surface area contributed by atoms with Crippen LogP contribution in [0.1, 0.15) is 36.1 Å². The van der Waals surface area contributed by atoms with Gasteiger partial charge in [-0.2, -0.15) is 0 Å². The van der Waals surface area contributed by atoms with Gasteiger partial charge in [-0.3, -0.25) is 4.79 Å². The lowest BCUT2D eigenvalue weighted by molar-refractivity contribution is -0.121. The maximum absolute atomic E-state index is 12.2. The Labute approximate surface area is 126 Å². The molecule has 3 heteroatoms. The first kappa shape index (κ1) is 15.1. The minimum Gasteiger partial charge on any atom is -0.399 e. The molecule has 2 aromatic carbocycles. The molecule has 0 aliphatic rings. The number of carbonyl (C=O) groups excluding carboxylic acids is 1. The maximum atomic E-state index is 12.2. The van der Waals surface area contributed by atoms with E-state index in [2.05, 4.69) is 43.4 Å². The average Bonchev–Trinajstić information content (AvgIpc) is 2.46. The first-order valence-electron chi connectivity index (χ1n) is 7.29. The second-order valence-corrected chi connectivity index (χ2v) is 5.36. The van der Waals surface area contributed by atoms with Crippen molar-refractivity contribution in [2.75, 3.05) is 5.73 Å². The minimum absolute atomic E-state index is 0.0213. The number of benzene rings is 2. The van der Waals surface area contributed by atoms with Crippen LogP contribution >= 0.6 is 0 Å². The van der Waals surface area contributed by atoms with Crippen molar-refractivity contribution in [1.29, 1.82) is 0 Å². The number of amides is 1. The maximum Gasteiger partial charge on any atom is 0.224 e. The Bertz CT molecular complexity index is 605. The van der Waals surface area contributed by atoms with Crippen molar-refractivity contribution in [3.05, 3.63) is 65.2 Å². The van der Waals surface area contributed by atoms with Crippen LogP contribution < -0.4 is 11.1 Å². The molecule has 0 radical (unpaired) electrons. The van der Waals surface area contributed by atoms with E-state index in [4.69, 9.17) is 5.73 Å². The number of nitrogens with two attached hydrogens (primary N) is 1. The Morgan fingerprint density at radius 1 is 1.19 bits per heavy atom. The summed E-state index contributed by atoms with van der Waals surface area (Å²) in [5.74, 6) is 0.0213. The molecular weight excluding hydrogens is 260 g/mol. The van der Waals surface area contributed by atoms with Crippen LogP contribution in [0, 0.1) is 6.92 Å². The minimum atomic E-state index is 0.0213. The summed E-state index contributed by atoms with van der Waals surface area (Å²) in [6, 6.07) is 15.8. The van der Waals surface area contributed by atoms with E-state index < -0.39 is 0 Å². The molecule has 1 amide bonds. The third kappa shape index (κ3) is 4.35. The number of hydrogen-bond acceptors (Lipinski definition) is 2. The van der Waals surface area contributed by atoms with Crippen molar-refractivity contribution < 1.29 is 4.79 Å². The lowest BCUT2D eigenvalue weighted by Crippen LogP contribution is -2.29. The lowest BCUT2D eigenvalue weighted by Gasteiger charge is -2.18. The summed E-state index contributed by atoms with van der Waals surface area (Å²) in [7, 11) is 0. The van der Waals surface area contributed by atoms with E-state index >= 15 is 0 Å². The highest BCUT2D eigenvalue weighted by atomic mass is 16.1. The summed E-state index contributed by atoms with van der Waals surface area (Å²) < 4.78 is 0. The summed E-state index contributed by atoms with van der Waals surface area (Å²) in [4.78, 5) is 12.2. The van der Waals surface area contributed by atoms with Gasteiger partial charge in [0.1, 0.15) is 0 Å². The monoisotopic (exact) mass is 282 g/mol. The van der Waals surface area contributed by atoms with Crippen molar-refractivity contribution >= 4 is 11.6 Å². The van der Waals surface area contributed by atoms with Gasteiger partial charge in [0, 0.05) is 5.69 Å². The normalized spacial score (nSPS) is 11.9. The summed E-state index contributed by atoms with van der Waals surface area (Å²) in [5, 5.41) is 3.09. The SMILES string of the molecule is CCC(NC(=O)Cc1cccc(N)c1)c1ccc(C)cc1. The zero-order valence-electron chi connectivity index (χ0n) is 12.6. The van der Waals surface area contributed by atoms with Gasteiger partial charge in [0.25, 0.3) is 0 Å². The van der Waals surface area contributed by atoms with Gasteiger partial charge in [0.2, 0.25) is 5.91 Å². The third-order valence-electron chi connectivity index (χ3n) is 3.54. The van der Waals surface area contributed by atoms with E-state index in [9.17, 15) is 4.79 Å². The second kappa shape index (κ2) is 6.93. The first-order chi connectivity index (χ1) is 10.1. The van der Waals surface area contributed by atoms with Crippen LogP contribution in [0.5, 0.6) is 0 Å². The fourth-order valence-electron chi connectivity index (χ4n) is 2.35. The molecule has 1 unspecified atom stereocenters. The molecule has 110 valence electrons. The summed E-state index contributed by atoms with van der Waals surface area (Å²) >= 11 is 0. The Balaban J connectivity index is 2.01. The molecule has 0 bridgehead atoms. The molecule has 0 heterocycles. The van der Waals surface area contributed by atoms with Crippen LogP contribution in [0.3, 0.4) is 0 Å². The number of aryl methyl sites for hydroxylation is 1. The largest absolute Gasteiger partial charge is 0.399 e. The smallest absolute Gasteiger partial charge is 0.224 e. The molecule has 0 spiro atoms. The van der Waals surface area contributed by atoms with Crippen LogP contribution in [0.25, 0.3) is 0 Å². The lowest BCUT2D eigenvalue weighted by atomic mass is 10.0. The Morgan fingerprint density at radius 2 is 1.90 bits per heavy atom. The predicted octanol–water partition coefficient (Wildman–Crippen LogP) is 3.39. The fourth-order valence-corrected chi connectivity index (χ4v) is 2.35. The van der Waals surface area contributed by atoms with E-state index in [0.717, 1.165) is 17.5 Å². The fraction of sp³-hybridized carbons (Fsp3) is 0.278. The van der Waals surface area contributed by atoms with Gasteiger partial charge in [-0.1, -0.05) is 48.9 Å². The zero-order valence-corrected chi connectivity index (χ0v) is 12.6. The van der Waals surface area contributed by atoms with Crippen LogP contribution in [0.2, 0.25) is 0 Å². The first-order valence-corrected chi connectivity index (χ1v) is 7.29. The highest BCUT2D eigenvalue weighted by Gasteiger charge is 2.12. The summed E-state index contributed by atoms with van der Waals surface area (Å²) in [6.07, 6.45) is 1.22. The molecule has 0 aliphatic carbocycles. The van der Waals surface area contributed by atoms with E-state index in [0.29, 0.717) is 12.1 Å². The number of carbonyl (C=O) groups is 1. The van der Waals surface area contributed by atoms with E-state index in [1.54, 1.807) is 0 Å². The van der Waals surface area contributed by atoms with E-state index in [-0.39, 0.29) is 11.9 Å². The standard InChI is InChI=1S/C18H22N2O/c1-3-17(15-9-7-13(2)8-10-15)20-18(21)12-14-5-4-6-16(19)11-14/h4-11,17H,3,12,19H2,1-2H3,(H,20,21). The van der Waals surface area contributed by atoms with Crippen molar-refractivity contribution in [3.63, 3.8) is 0 Å². The summed E-state index contributed by atoms with van der Waals surface area (Å²) in [5.41, 5.74) is 9.72. The van der Waals surface area contributed by atoms with Crippen molar-refractivity contribution in [2.24, 2.45) is 0 Å². The molecule has 0 fully saturated rings. The molecular formula is C18H22N2O. The van der Waals surface area contributed by atoms with Crippen molar-refractivity contribution in [3.8, 4) is 0 Å².